The number of nitrogens with two attached hydrogens (primary N) is 1. The maximum Gasteiger partial charge on any atom is 0.225 e. The van der Waals surface area contributed by atoms with Crippen LogP contribution in [-0.4, -0.2) is 22.6 Å². The number of amidine groups is 1. The molecule has 0 radical (unpaired) electrons. The molecule has 0 bridgehead atoms. The Morgan fingerprint density at radius 3 is 2.71 bits per heavy atom. The molecule has 5 heteroatoms. The highest BCUT2D eigenvalue weighted by Gasteiger charge is 2.15. The highest BCUT2D eigenvalue weighted by molar-refractivity contribution is 6.02. The summed E-state index contributed by atoms with van der Waals surface area (Å²) in [6.45, 7) is 6.97. The molecule has 0 aliphatic rings. The van der Waals surface area contributed by atoms with Gasteiger partial charge in [0.25, 0.3) is 0 Å². The van der Waals surface area contributed by atoms with E-state index in [1.54, 1.807) is 0 Å². The monoisotopic (exact) mass is 287 g/mol. The second-order valence-electron chi connectivity index (χ2n) is 6.18. The summed E-state index contributed by atoms with van der Waals surface area (Å²) >= 11 is 0. The van der Waals surface area contributed by atoms with Gasteiger partial charge in [0.15, 0.2) is 5.84 Å². The van der Waals surface area contributed by atoms with E-state index in [2.05, 4.69) is 30.9 Å². The van der Waals surface area contributed by atoms with Gasteiger partial charge in [-0.05, 0) is 24.0 Å². The second-order valence-corrected chi connectivity index (χ2v) is 6.18. The number of nitrogens with zero attached hydrogens (tertiary/aromatic N) is 2. The third-order valence-corrected chi connectivity index (χ3v) is 3.16. The van der Waals surface area contributed by atoms with E-state index in [0.29, 0.717) is 18.1 Å². The molecule has 1 heterocycles. The molecule has 1 aromatic carbocycles. The number of hydrogen-bond donors (Lipinski definition) is 2. The first-order chi connectivity index (χ1) is 9.90. The molecule has 21 heavy (non-hydrogen) atoms. The molecule has 1 aromatic heterocycles. The smallest absolute Gasteiger partial charge is 0.225 e. The number of oxime groups is 1. The van der Waals surface area contributed by atoms with Crippen LogP contribution >= 0.6 is 0 Å². The largest absolute Gasteiger partial charge is 0.477 e. The Morgan fingerprint density at radius 2 is 2.05 bits per heavy atom. The number of aromatic nitrogens is 1. The van der Waals surface area contributed by atoms with Crippen molar-refractivity contribution in [2.45, 2.75) is 27.2 Å². The Morgan fingerprint density at radius 1 is 1.33 bits per heavy atom. The minimum Gasteiger partial charge on any atom is -0.477 e. The van der Waals surface area contributed by atoms with Gasteiger partial charge in [0, 0.05) is 5.39 Å². The summed E-state index contributed by atoms with van der Waals surface area (Å²) in [6, 6.07) is 9.48. The number of ether oxygens (including phenoxy) is 1. The topological polar surface area (TPSA) is 80.7 Å². The van der Waals surface area contributed by atoms with Crippen molar-refractivity contribution in [2.24, 2.45) is 16.3 Å². The fourth-order valence-corrected chi connectivity index (χ4v) is 1.90. The van der Waals surface area contributed by atoms with E-state index in [4.69, 9.17) is 15.7 Å². The Kier molecular flexibility index (Phi) is 4.31. The zero-order chi connectivity index (χ0) is 15.5. The molecule has 2 aromatic rings. The van der Waals surface area contributed by atoms with Crippen LogP contribution in [0.2, 0.25) is 0 Å². The van der Waals surface area contributed by atoms with E-state index < -0.39 is 0 Å². The SMILES string of the molecule is CC(C)(C)CCOc1nc2ccccc2cc1C(N)=NO. The summed E-state index contributed by atoms with van der Waals surface area (Å²) in [4.78, 5) is 4.47. The predicted octanol–water partition coefficient (Wildman–Crippen LogP) is 3.14. The van der Waals surface area contributed by atoms with Crippen molar-refractivity contribution < 1.29 is 9.94 Å². The summed E-state index contributed by atoms with van der Waals surface area (Å²) in [5, 5.41) is 12.9. The van der Waals surface area contributed by atoms with E-state index in [1.165, 1.54) is 0 Å². The van der Waals surface area contributed by atoms with Gasteiger partial charge in [0.05, 0.1) is 17.7 Å². The fourth-order valence-electron chi connectivity index (χ4n) is 1.90. The number of hydrogen-bond acceptors (Lipinski definition) is 4. The van der Waals surface area contributed by atoms with Crippen LogP contribution < -0.4 is 10.5 Å². The van der Waals surface area contributed by atoms with Crippen LogP contribution in [0.3, 0.4) is 0 Å². The van der Waals surface area contributed by atoms with Gasteiger partial charge in [-0.25, -0.2) is 4.98 Å². The summed E-state index contributed by atoms with van der Waals surface area (Å²) in [5.41, 5.74) is 7.22. The summed E-state index contributed by atoms with van der Waals surface area (Å²) in [7, 11) is 0. The second kappa shape index (κ2) is 5.99. The van der Waals surface area contributed by atoms with Crippen LogP contribution in [-0.2, 0) is 0 Å². The molecule has 0 aliphatic carbocycles. The van der Waals surface area contributed by atoms with E-state index in [9.17, 15) is 0 Å². The molecule has 3 N–H and O–H groups in total. The van der Waals surface area contributed by atoms with E-state index in [1.807, 2.05) is 30.3 Å². The molecule has 112 valence electrons. The van der Waals surface area contributed by atoms with Gasteiger partial charge in [-0.1, -0.05) is 44.1 Å². The molecule has 5 nitrogen and oxygen atoms in total. The highest BCUT2D eigenvalue weighted by Crippen LogP contribution is 2.24. The lowest BCUT2D eigenvalue weighted by Gasteiger charge is -2.18. The van der Waals surface area contributed by atoms with Crippen LogP contribution in [0.1, 0.15) is 32.8 Å². The number of rotatable bonds is 4. The van der Waals surface area contributed by atoms with Crippen molar-refractivity contribution in [3.8, 4) is 5.88 Å². The minimum absolute atomic E-state index is 0.000915. The number of pyridine rings is 1. The first-order valence-electron chi connectivity index (χ1n) is 6.91. The normalized spacial score (nSPS) is 12.6. The first kappa shape index (κ1) is 15.1. The molecular formula is C16H21N3O2. The van der Waals surface area contributed by atoms with E-state index >= 15 is 0 Å². The number of benzene rings is 1. The molecule has 0 atom stereocenters. The van der Waals surface area contributed by atoms with E-state index in [0.717, 1.165) is 17.3 Å². The molecule has 0 amide bonds. The summed E-state index contributed by atoms with van der Waals surface area (Å²) in [5.74, 6) is 0.396. The minimum atomic E-state index is -0.000915. The Bertz CT molecular complexity index is 660. The Labute approximate surface area is 124 Å². The number of fused-ring (bicyclic) bond motifs is 1. The third-order valence-electron chi connectivity index (χ3n) is 3.16. The quantitative estimate of drug-likeness (QED) is 0.392. The molecule has 0 saturated carbocycles. The lowest BCUT2D eigenvalue weighted by molar-refractivity contribution is 0.236. The van der Waals surface area contributed by atoms with Crippen LogP contribution in [0.5, 0.6) is 5.88 Å². The van der Waals surface area contributed by atoms with Gasteiger partial charge >= 0.3 is 0 Å². The van der Waals surface area contributed by atoms with Crippen LogP contribution in [0.4, 0.5) is 0 Å². The van der Waals surface area contributed by atoms with Crippen LogP contribution in [0.15, 0.2) is 35.5 Å². The van der Waals surface area contributed by atoms with Gasteiger partial charge in [0.1, 0.15) is 0 Å². The van der Waals surface area contributed by atoms with Crippen molar-refractivity contribution >= 4 is 16.7 Å². The van der Waals surface area contributed by atoms with Gasteiger partial charge in [-0.3, -0.25) is 0 Å². The lowest BCUT2D eigenvalue weighted by atomic mass is 9.93. The Balaban J connectivity index is 2.35. The molecule has 0 fully saturated rings. The van der Waals surface area contributed by atoms with Crippen molar-refractivity contribution in [2.75, 3.05) is 6.61 Å². The van der Waals surface area contributed by atoms with Crippen molar-refractivity contribution in [3.63, 3.8) is 0 Å². The maximum absolute atomic E-state index is 8.92. The van der Waals surface area contributed by atoms with Gasteiger partial charge in [-0.15, -0.1) is 0 Å². The fraction of sp³-hybridized carbons (Fsp3) is 0.375. The standard InChI is InChI=1S/C16H21N3O2/c1-16(2,3)8-9-21-15-12(14(17)19-20)10-11-6-4-5-7-13(11)18-15/h4-7,10,20H,8-9H2,1-3H3,(H2,17,19). The number of para-hydroxylation sites is 1. The molecule has 0 aliphatic heterocycles. The first-order valence-corrected chi connectivity index (χ1v) is 6.91. The third kappa shape index (κ3) is 3.84. The van der Waals surface area contributed by atoms with Crippen molar-refractivity contribution in [1.29, 1.82) is 0 Å². The van der Waals surface area contributed by atoms with E-state index in [-0.39, 0.29) is 11.3 Å². The zero-order valence-electron chi connectivity index (χ0n) is 12.6. The molecular weight excluding hydrogens is 266 g/mol. The predicted molar refractivity (Wildman–Crippen MR) is 83.8 cm³/mol. The van der Waals surface area contributed by atoms with Crippen LogP contribution in [0, 0.1) is 5.41 Å². The van der Waals surface area contributed by atoms with Crippen molar-refractivity contribution in [3.05, 3.63) is 35.9 Å². The van der Waals surface area contributed by atoms with Gasteiger partial charge < -0.3 is 15.7 Å². The molecule has 0 saturated heterocycles. The lowest BCUT2D eigenvalue weighted by Crippen LogP contribution is -2.17. The van der Waals surface area contributed by atoms with Gasteiger partial charge in [0.2, 0.25) is 5.88 Å². The van der Waals surface area contributed by atoms with Crippen molar-refractivity contribution in [1.82, 2.24) is 4.98 Å². The average Bonchev–Trinajstić information content (AvgIpc) is 2.44. The van der Waals surface area contributed by atoms with Gasteiger partial charge in [-0.2, -0.15) is 0 Å². The highest BCUT2D eigenvalue weighted by atomic mass is 16.5. The average molecular weight is 287 g/mol. The summed E-state index contributed by atoms with van der Waals surface area (Å²) < 4.78 is 5.76. The molecule has 0 unspecified atom stereocenters. The molecule has 2 rings (SSSR count). The Hall–Kier alpha value is -2.30. The zero-order valence-corrected chi connectivity index (χ0v) is 12.6. The molecule has 0 spiro atoms. The summed E-state index contributed by atoms with van der Waals surface area (Å²) in [6.07, 6.45) is 0.886. The van der Waals surface area contributed by atoms with Crippen LogP contribution in [0.25, 0.3) is 10.9 Å². The maximum atomic E-state index is 8.92.